The van der Waals surface area contributed by atoms with Gasteiger partial charge in [0.15, 0.2) is 6.61 Å². The van der Waals surface area contributed by atoms with Crippen LogP contribution in [0.25, 0.3) is 11.0 Å². The molecule has 142 valence electrons. The number of nitrogens with zero attached hydrogens (tertiary/aromatic N) is 1. The van der Waals surface area contributed by atoms with Crippen LogP contribution in [0.3, 0.4) is 0 Å². The van der Waals surface area contributed by atoms with Crippen LogP contribution in [-0.4, -0.2) is 23.7 Å². The van der Waals surface area contributed by atoms with E-state index in [1.165, 1.54) is 18.3 Å². The predicted molar refractivity (Wildman–Crippen MR) is 92.3 cm³/mol. The van der Waals surface area contributed by atoms with E-state index in [1.54, 1.807) is 13.2 Å². The monoisotopic (exact) mass is 378 g/mol. The molecule has 1 atom stereocenters. The Morgan fingerprint density at radius 2 is 2.07 bits per heavy atom. The highest BCUT2D eigenvalue weighted by Gasteiger charge is 2.28. The predicted octanol–water partition coefficient (Wildman–Crippen LogP) is 4.19. The topological polar surface area (TPSA) is 64.4 Å². The number of carbonyl (C=O) groups is 1. The van der Waals surface area contributed by atoms with Gasteiger partial charge in [0.05, 0.1) is 30.6 Å². The first-order valence-corrected chi connectivity index (χ1v) is 8.21. The zero-order valence-electron chi connectivity index (χ0n) is 14.4. The third-order valence-electron chi connectivity index (χ3n) is 3.86. The van der Waals surface area contributed by atoms with Crippen molar-refractivity contribution in [1.29, 1.82) is 0 Å². The highest BCUT2D eigenvalue weighted by atomic mass is 19.4. The van der Waals surface area contributed by atoms with Gasteiger partial charge >= 0.3 is 6.18 Å². The van der Waals surface area contributed by atoms with Crippen LogP contribution in [0, 0.1) is 0 Å². The summed E-state index contributed by atoms with van der Waals surface area (Å²) in [5.41, 5.74) is 2.12. The number of halogens is 3. The Morgan fingerprint density at radius 1 is 1.26 bits per heavy atom. The number of rotatable bonds is 6. The summed E-state index contributed by atoms with van der Waals surface area (Å²) < 4.78 is 46.3. The number of pyridine rings is 1. The van der Waals surface area contributed by atoms with Crippen molar-refractivity contribution < 1.29 is 27.1 Å². The van der Waals surface area contributed by atoms with Crippen LogP contribution in [0.4, 0.5) is 13.2 Å². The van der Waals surface area contributed by atoms with Crippen molar-refractivity contribution in [3.05, 3.63) is 60.1 Å². The lowest BCUT2D eigenvalue weighted by atomic mass is 10.1. The molecule has 1 amide bonds. The maximum absolute atomic E-state index is 12.2. The van der Waals surface area contributed by atoms with E-state index < -0.39 is 18.8 Å². The molecule has 0 radical (unpaired) electrons. The van der Waals surface area contributed by atoms with E-state index in [-0.39, 0.29) is 18.1 Å². The maximum atomic E-state index is 12.2. The number of fused-ring (bicyclic) bond motifs is 1. The van der Waals surface area contributed by atoms with E-state index in [9.17, 15) is 18.0 Å². The fourth-order valence-electron chi connectivity index (χ4n) is 2.58. The molecule has 2 heterocycles. The summed E-state index contributed by atoms with van der Waals surface area (Å²) in [6.45, 7) is 0.372. The Morgan fingerprint density at radius 3 is 2.78 bits per heavy atom. The minimum Gasteiger partial charge on any atom is -0.483 e. The Hall–Kier alpha value is -3.03. The first-order valence-electron chi connectivity index (χ1n) is 8.21. The van der Waals surface area contributed by atoms with Crippen LogP contribution >= 0.6 is 0 Å². The quantitative estimate of drug-likeness (QED) is 0.699. The van der Waals surface area contributed by atoms with Crippen molar-refractivity contribution in [3.8, 4) is 5.75 Å². The second-order valence-corrected chi connectivity index (χ2v) is 6.08. The molecule has 1 N–H and O–H groups in total. The summed E-state index contributed by atoms with van der Waals surface area (Å²) >= 11 is 0. The van der Waals surface area contributed by atoms with Crippen LogP contribution < -0.4 is 10.1 Å². The standard InChI is InChI=1S/C19H17F3N2O3/c1-12(16-4-3-15(10-23-16)27-11-19(20,21)22)24-18(25)9-13-2-5-17-14(8-13)6-7-26-17/h2-8,10,12H,9,11H2,1H3,(H,24,25)/t12-/m1/s1. The van der Waals surface area contributed by atoms with Gasteiger partial charge in [0.1, 0.15) is 11.3 Å². The van der Waals surface area contributed by atoms with Crippen LogP contribution in [0.2, 0.25) is 0 Å². The first-order chi connectivity index (χ1) is 12.8. The number of alkyl halides is 3. The molecule has 0 saturated heterocycles. The SMILES string of the molecule is C[C@@H](NC(=O)Cc1ccc2occc2c1)c1ccc(OCC(F)(F)F)cn1. The molecule has 27 heavy (non-hydrogen) atoms. The molecule has 0 unspecified atom stereocenters. The third kappa shape index (κ3) is 5.22. The van der Waals surface area contributed by atoms with Crippen molar-refractivity contribution in [2.75, 3.05) is 6.61 Å². The number of nitrogens with one attached hydrogen (secondary N) is 1. The molecule has 8 heteroatoms. The second-order valence-electron chi connectivity index (χ2n) is 6.08. The van der Waals surface area contributed by atoms with E-state index in [2.05, 4.69) is 15.0 Å². The number of hydrogen-bond donors (Lipinski definition) is 1. The molecular weight excluding hydrogens is 361 g/mol. The number of benzene rings is 1. The van der Waals surface area contributed by atoms with Crippen molar-refractivity contribution in [2.45, 2.75) is 25.6 Å². The van der Waals surface area contributed by atoms with Crippen molar-refractivity contribution in [1.82, 2.24) is 10.3 Å². The first kappa shape index (κ1) is 18.8. The van der Waals surface area contributed by atoms with Crippen LogP contribution in [0.15, 0.2) is 53.3 Å². The molecule has 5 nitrogen and oxygen atoms in total. The molecule has 3 aromatic rings. The van der Waals surface area contributed by atoms with Gasteiger partial charge in [0.25, 0.3) is 0 Å². The van der Waals surface area contributed by atoms with Gasteiger partial charge in [0.2, 0.25) is 5.91 Å². The molecule has 0 spiro atoms. The van der Waals surface area contributed by atoms with Gasteiger partial charge in [-0.05, 0) is 42.8 Å². The minimum absolute atomic E-state index is 0.0167. The fourth-order valence-corrected chi connectivity index (χ4v) is 2.58. The van der Waals surface area contributed by atoms with E-state index in [4.69, 9.17) is 4.42 Å². The molecule has 0 aliphatic rings. The third-order valence-corrected chi connectivity index (χ3v) is 3.86. The zero-order valence-corrected chi connectivity index (χ0v) is 14.4. The van der Waals surface area contributed by atoms with Gasteiger partial charge in [-0.1, -0.05) is 6.07 Å². The highest BCUT2D eigenvalue weighted by molar-refractivity contribution is 5.82. The lowest BCUT2D eigenvalue weighted by Gasteiger charge is -2.14. The van der Waals surface area contributed by atoms with Gasteiger partial charge in [-0.3, -0.25) is 9.78 Å². The fraction of sp³-hybridized carbons (Fsp3) is 0.263. The van der Waals surface area contributed by atoms with E-state index in [1.807, 2.05) is 24.3 Å². The minimum atomic E-state index is -4.40. The van der Waals surface area contributed by atoms with E-state index in [0.717, 1.165) is 16.5 Å². The average Bonchev–Trinajstić information content (AvgIpc) is 3.07. The molecule has 0 fully saturated rings. The Bertz CT molecular complexity index is 920. The lowest BCUT2D eigenvalue weighted by Crippen LogP contribution is -2.28. The molecule has 3 rings (SSSR count). The highest BCUT2D eigenvalue weighted by Crippen LogP contribution is 2.20. The molecule has 0 aliphatic heterocycles. The van der Waals surface area contributed by atoms with E-state index >= 15 is 0 Å². The lowest BCUT2D eigenvalue weighted by molar-refractivity contribution is -0.153. The average molecular weight is 378 g/mol. The molecule has 1 aromatic carbocycles. The summed E-state index contributed by atoms with van der Waals surface area (Å²) in [6, 6.07) is 9.85. The smallest absolute Gasteiger partial charge is 0.422 e. The van der Waals surface area contributed by atoms with Gasteiger partial charge in [0, 0.05) is 5.39 Å². The number of furan rings is 1. The van der Waals surface area contributed by atoms with Crippen LogP contribution in [0.5, 0.6) is 5.75 Å². The molecule has 0 bridgehead atoms. The molecule has 2 aromatic heterocycles. The zero-order chi connectivity index (χ0) is 19.4. The number of aromatic nitrogens is 1. The second kappa shape index (κ2) is 7.69. The normalized spacial score (nSPS) is 12.7. The Kier molecular flexibility index (Phi) is 5.34. The number of ether oxygens (including phenoxy) is 1. The van der Waals surface area contributed by atoms with Gasteiger partial charge in [-0.2, -0.15) is 13.2 Å². The van der Waals surface area contributed by atoms with Crippen LogP contribution in [-0.2, 0) is 11.2 Å². The van der Waals surface area contributed by atoms with Crippen LogP contribution in [0.1, 0.15) is 24.2 Å². The van der Waals surface area contributed by atoms with Crippen molar-refractivity contribution in [2.24, 2.45) is 0 Å². The number of hydrogen-bond acceptors (Lipinski definition) is 4. The summed E-state index contributed by atoms with van der Waals surface area (Å²) in [4.78, 5) is 16.3. The molecular formula is C19H17F3N2O3. The summed E-state index contributed by atoms with van der Waals surface area (Å²) in [5.74, 6) is -0.174. The molecule has 0 saturated carbocycles. The van der Waals surface area contributed by atoms with Gasteiger partial charge < -0.3 is 14.5 Å². The van der Waals surface area contributed by atoms with Gasteiger partial charge in [-0.25, -0.2) is 0 Å². The van der Waals surface area contributed by atoms with Crippen molar-refractivity contribution >= 4 is 16.9 Å². The largest absolute Gasteiger partial charge is 0.483 e. The Balaban J connectivity index is 1.55. The summed E-state index contributed by atoms with van der Waals surface area (Å²) in [7, 11) is 0. The Labute approximate surface area is 153 Å². The maximum Gasteiger partial charge on any atom is 0.422 e. The van der Waals surface area contributed by atoms with Gasteiger partial charge in [-0.15, -0.1) is 0 Å². The van der Waals surface area contributed by atoms with Crippen molar-refractivity contribution in [3.63, 3.8) is 0 Å². The molecule has 0 aliphatic carbocycles. The summed E-state index contributed by atoms with van der Waals surface area (Å²) in [5, 5.41) is 3.74. The van der Waals surface area contributed by atoms with E-state index in [0.29, 0.717) is 5.69 Å². The summed E-state index contributed by atoms with van der Waals surface area (Å²) in [6.07, 6.45) is -1.42. The number of amides is 1. The number of carbonyl (C=O) groups excluding carboxylic acids is 1.